The second-order valence-corrected chi connectivity index (χ2v) is 6.34. The molecule has 0 aliphatic heterocycles. The summed E-state index contributed by atoms with van der Waals surface area (Å²) in [5, 5.41) is 0.356. The van der Waals surface area contributed by atoms with Crippen molar-refractivity contribution in [2.75, 3.05) is 5.75 Å². The Morgan fingerprint density at radius 1 is 1.14 bits per heavy atom. The van der Waals surface area contributed by atoms with Crippen LogP contribution >= 0.6 is 0 Å². The number of fused-ring (bicyclic) bond motifs is 1. The number of aromatic nitrogens is 2. The number of hydrogen-bond donors (Lipinski definition) is 0. The van der Waals surface area contributed by atoms with Crippen LogP contribution in [0.4, 0.5) is 4.39 Å². The number of benzene rings is 2. The highest BCUT2D eigenvalue weighted by molar-refractivity contribution is 7.85. The molecule has 6 heteroatoms. The molecule has 1 atom stereocenters. The Bertz CT molecular complexity index is 894. The van der Waals surface area contributed by atoms with Crippen LogP contribution in [0, 0.1) is 5.82 Å². The third kappa shape index (κ3) is 2.96. The normalized spacial score (nSPS) is 12.4. The summed E-state index contributed by atoms with van der Waals surface area (Å²) in [5.74, 6) is -0.111. The van der Waals surface area contributed by atoms with Gasteiger partial charge in [-0.3, -0.25) is 13.6 Å². The highest BCUT2D eigenvalue weighted by Crippen LogP contribution is 2.09. The van der Waals surface area contributed by atoms with Crippen LogP contribution in [0.1, 0.15) is 0 Å². The third-order valence-electron chi connectivity index (χ3n) is 3.31. The Kier molecular flexibility index (Phi) is 4.11. The van der Waals surface area contributed by atoms with Crippen molar-refractivity contribution in [3.63, 3.8) is 0 Å². The minimum absolute atomic E-state index is 0.255. The van der Waals surface area contributed by atoms with Gasteiger partial charge in [-0.2, -0.15) is 0 Å². The van der Waals surface area contributed by atoms with Gasteiger partial charge in [0.05, 0.1) is 28.0 Å². The van der Waals surface area contributed by atoms with E-state index < -0.39 is 16.6 Å². The summed E-state index contributed by atoms with van der Waals surface area (Å²) < 4.78 is 26.7. The lowest BCUT2D eigenvalue weighted by Gasteiger charge is -2.07. The van der Waals surface area contributed by atoms with Gasteiger partial charge < -0.3 is 0 Å². The van der Waals surface area contributed by atoms with E-state index in [4.69, 9.17) is 0 Å². The van der Waals surface area contributed by atoms with Crippen LogP contribution in [0.3, 0.4) is 0 Å². The molecule has 3 aromatic rings. The summed E-state index contributed by atoms with van der Waals surface area (Å²) >= 11 is 0. The topological polar surface area (TPSA) is 52.0 Å². The minimum atomic E-state index is -1.18. The van der Waals surface area contributed by atoms with Gasteiger partial charge >= 0.3 is 0 Å². The van der Waals surface area contributed by atoms with Crippen molar-refractivity contribution in [2.45, 2.75) is 11.4 Å². The zero-order chi connectivity index (χ0) is 15.5. The highest BCUT2D eigenvalue weighted by Gasteiger charge is 2.07. The van der Waals surface area contributed by atoms with Gasteiger partial charge in [-0.15, -0.1) is 0 Å². The largest absolute Gasteiger partial charge is 0.298 e. The van der Waals surface area contributed by atoms with Crippen LogP contribution in [0.5, 0.6) is 0 Å². The zero-order valence-electron chi connectivity index (χ0n) is 11.6. The molecular formula is C16H13FN2O2S. The standard InChI is InChI=1S/C16H13FN2O2S/c17-12-6-7-14-15(10-12)18-11-19(16(14)20)8-9-22(21)13-4-2-1-3-5-13/h1-7,10-11H,8-9H2/t22-/m1/s1. The molecule has 0 fully saturated rings. The predicted octanol–water partition coefficient (Wildman–Crippen LogP) is 2.34. The minimum Gasteiger partial charge on any atom is -0.298 e. The second-order valence-electron chi connectivity index (χ2n) is 4.77. The van der Waals surface area contributed by atoms with E-state index in [0.717, 1.165) is 4.90 Å². The van der Waals surface area contributed by atoms with Crippen molar-refractivity contribution >= 4 is 21.7 Å². The maximum Gasteiger partial charge on any atom is 0.261 e. The van der Waals surface area contributed by atoms with Crippen molar-refractivity contribution in [1.82, 2.24) is 9.55 Å². The molecule has 0 bridgehead atoms. The molecular weight excluding hydrogens is 303 g/mol. The van der Waals surface area contributed by atoms with Crippen molar-refractivity contribution in [2.24, 2.45) is 0 Å². The predicted molar refractivity (Wildman–Crippen MR) is 83.7 cm³/mol. The fourth-order valence-corrected chi connectivity index (χ4v) is 3.22. The lowest BCUT2D eigenvalue weighted by atomic mass is 10.2. The molecule has 0 aliphatic rings. The summed E-state index contributed by atoms with van der Waals surface area (Å²) in [7, 11) is -1.18. The molecule has 112 valence electrons. The molecule has 0 spiro atoms. The number of aryl methyl sites for hydroxylation is 1. The maximum absolute atomic E-state index is 13.1. The first-order chi connectivity index (χ1) is 10.6. The second kappa shape index (κ2) is 6.19. The summed E-state index contributed by atoms with van der Waals surface area (Å²) in [6.07, 6.45) is 1.37. The number of hydrogen-bond acceptors (Lipinski definition) is 3. The lowest BCUT2D eigenvalue weighted by Crippen LogP contribution is -2.23. The molecule has 0 radical (unpaired) electrons. The van der Waals surface area contributed by atoms with Gasteiger partial charge in [-0.25, -0.2) is 9.37 Å². The Morgan fingerprint density at radius 2 is 1.91 bits per heavy atom. The van der Waals surface area contributed by atoms with E-state index in [1.807, 2.05) is 18.2 Å². The molecule has 0 amide bonds. The first kappa shape index (κ1) is 14.6. The van der Waals surface area contributed by atoms with Crippen molar-refractivity contribution in [3.8, 4) is 0 Å². The average Bonchev–Trinajstić information content (AvgIpc) is 2.54. The van der Waals surface area contributed by atoms with E-state index in [-0.39, 0.29) is 5.56 Å². The molecule has 0 unspecified atom stereocenters. The Balaban J connectivity index is 1.83. The first-order valence-electron chi connectivity index (χ1n) is 6.73. The Labute approximate surface area is 128 Å². The van der Waals surface area contributed by atoms with Gasteiger partial charge in [0.1, 0.15) is 5.82 Å². The molecule has 2 aromatic carbocycles. The van der Waals surface area contributed by atoms with Crippen LogP contribution in [0.15, 0.2) is 64.5 Å². The van der Waals surface area contributed by atoms with E-state index in [1.165, 1.54) is 29.1 Å². The van der Waals surface area contributed by atoms with Gasteiger partial charge in [0.15, 0.2) is 0 Å². The Hall–Kier alpha value is -2.34. The summed E-state index contributed by atoms with van der Waals surface area (Å²) in [4.78, 5) is 17.1. The number of halogens is 1. The van der Waals surface area contributed by atoms with Crippen LogP contribution in [-0.4, -0.2) is 19.5 Å². The third-order valence-corrected chi connectivity index (χ3v) is 4.66. The SMILES string of the molecule is O=c1c2ccc(F)cc2ncn1CC[S@@](=O)c1ccccc1. The summed E-state index contributed by atoms with van der Waals surface area (Å²) in [6.45, 7) is 0.292. The van der Waals surface area contributed by atoms with Gasteiger partial charge in [-0.05, 0) is 24.3 Å². The van der Waals surface area contributed by atoms with E-state index in [0.29, 0.717) is 23.2 Å². The Morgan fingerprint density at radius 3 is 2.68 bits per heavy atom. The fraction of sp³-hybridized carbons (Fsp3) is 0.125. The fourth-order valence-electron chi connectivity index (χ4n) is 2.16. The van der Waals surface area contributed by atoms with Crippen LogP contribution in [-0.2, 0) is 17.3 Å². The smallest absolute Gasteiger partial charge is 0.261 e. The molecule has 0 saturated heterocycles. The molecule has 22 heavy (non-hydrogen) atoms. The van der Waals surface area contributed by atoms with Crippen LogP contribution in [0.2, 0.25) is 0 Å². The van der Waals surface area contributed by atoms with E-state index in [1.54, 1.807) is 12.1 Å². The molecule has 0 aliphatic carbocycles. The number of rotatable bonds is 4. The molecule has 0 N–H and O–H groups in total. The van der Waals surface area contributed by atoms with E-state index >= 15 is 0 Å². The monoisotopic (exact) mass is 316 g/mol. The molecule has 4 nitrogen and oxygen atoms in total. The number of nitrogens with zero attached hydrogens (tertiary/aromatic N) is 2. The zero-order valence-corrected chi connectivity index (χ0v) is 12.4. The van der Waals surface area contributed by atoms with Crippen LogP contribution < -0.4 is 5.56 Å². The van der Waals surface area contributed by atoms with Gasteiger partial charge in [0.25, 0.3) is 5.56 Å². The highest BCUT2D eigenvalue weighted by atomic mass is 32.2. The summed E-state index contributed by atoms with van der Waals surface area (Å²) in [5.41, 5.74) is 0.0699. The first-order valence-corrected chi connectivity index (χ1v) is 8.05. The van der Waals surface area contributed by atoms with E-state index in [2.05, 4.69) is 4.98 Å². The van der Waals surface area contributed by atoms with Gasteiger partial charge in [0.2, 0.25) is 0 Å². The van der Waals surface area contributed by atoms with Crippen LogP contribution in [0.25, 0.3) is 10.9 Å². The molecule has 0 saturated carbocycles. The van der Waals surface area contributed by atoms with Crippen molar-refractivity contribution in [3.05, 3.63) is 71.0 Å². The van der Waals surface area contributed by atoms with Crippen molar-refractivity contribution in [1.29, 1.82) is 0 Å². The lowest BCUT2D eigenvalue weighted by molar-refractivity contribution is 0.628. The quantitative estimate of drug-likeness (QED) is 0.742. The van der Waals surface area contributed by atoms with Gasteiger partial charge in [0, 0.05) is 23.3 Å². The maximum atomic E-state index is 13.1. The molecule has 1 aromatic heterocycles. The van der Waals surface area contributed by atoms with E-state index in [9.17, 15) is 13.4 Å². The molecule has 3 rings (SSSR count). The average molecular weight is 316 g/mol. The van der Waals surface area contributed by atoms with Gasteiger partial charge in [-0.1, -0.05) is 18.2 Å². The van der Waals surface area contributed by atoms with Crippen molar-refractivity contribution < 1.29 is 8.60 Å². The summed E-state index contributed by atoms with van der Waals surface area (Å²) in [6, 6.07) is 13.0. The molecule has 1 heterocycles.